The van der Waals surface area contributed by atoms with Gasteiger partial charge in [0.25, 0.3) is 0 Å². The Kier molecular flexibility index (Phi) is 3.25. The molecule has 0 saturated carbocycles. The summed E-state index contributed by atoms with van der Waals surface area (Å²) < 4.78 is 1.95. The zero-order valence-electron chi connectivity index (χ0n) is 11.5. The fraction of sp³-hybridized carbons (Fsp3) is 0.118. The van der Waals surface area contributed by atoms with Crippen molar-refractivity contribution in [3.63, 3.8) is 0 Å². The predicted molar refractivity (Wildman–Crippen MR) is 82.8 cm³/mol. The number of para-hydroxylation sites is 1. The predicted octanol–water partition coefficient (Wildman–Crippen LogP) is 3.68. The molecule has 0 unspecified atom stereocenters. The summed E-state index contributed by atoms with van der Waals surface area (Å²) in [6.45, 7) is 2.12. The lowest BCUT2D eigenvalue weighted by Gasteiger charge is -2.10. The fourth-order valence-electron chi connectivity index (χ4n) is 2.37. The number of aromatic nitrogens is 2. The third-order valence-corrected chi connectivity index (χ3v) is 3.46. The van der Waals surface area contributed by atoms with Crippen molar-refractivity contribution in [1.82, 2.24) is 9.78 Å². The van der Waals surface area contributed by atoms with E-state index in [1.807, 2.05) is 47.3 Å². The summed E-state index contributed by atoms with van der Waals surface area (Å²) in [6.07, 6.45) is 2.75. The first-order valence-corrected chi connectivity index (χ1v) is 6.78. The normalized spacial score (nSPS) is 10.7. The van der Waals surface area contributed by atoms with Crippen LogP contribution in [0.5, 0.6) is 0 Å². The van der Waals surface area contributed by atoms with E-state index in [1.165, 1.54) is 5.56 Å². The molecule has 0 aliphatic rings. The summed E-state index contributed by atoms with van der Waals surface area (Å²) in [5, 5.41) is 4.43. The summed E-state index contributed by atoms with van der Waals surface area (Å²) in [6, 6.07) is 18.3. The van der Waals surface area contributed by atoms with Crippen molar-refractivity contribution in [3.05, 3.63) is 66.4 Å². The smallest absolute Gasteiger partial charge is 0.0741 e. The molecule has 2 N–H and O–H groups in total. The minimum atomic E-state index is 0.849. The highest BCUT2D eigenvalue weighted by atomic mass is 15.3. The molecule has 2 aromatic carbocycles. The molecular weight excluding hydrogens is 246 g/mol. The average Bonchev–Trinajstić information content (AvgIpc) is 2.98. The van der Waals surface area contributed by atoms with E-state index in [0.29, 0.717) is 0 Å². The first-order chi connectivity index (χ1) is 9.79. The quantitative estimate of drug-likeness (QED) is 0.732. The second-order valence-corrected chi connectivity index (χ2v) is 4.73. The van der Waals surface area contributed by atoms with E-state index >= 15 is 0 Å². The first kappa shape index (κ1) is 12.5. The van der Waals surface area contributed by atoms with Gasteiger partial charge in [-0.25, -0.2) is 4.68 Å². The van der Waals surface area contributed by atoms with E-state index in [4.69, 9.17) is 5.73 Å². The zero-order chi connectivity index (χ0) is 13.9. The lowest BCUT2D eigenvalue weighted by Crippen LogP contribution is -1.99. The molecule has 3 rings (SSSR count). The molecule has 0 radical (unpaired) electrons. The number of benzene rings is 2. The molecule has 3 aromatic rings. The van der Waals surface area contributed by atoms with Crippen LogP contribution >= 0.6 is 0 Å². The second-order valence-electron chi connectivity index (χ2n) is 4.73. The van der Waals surface area contributed by atoms with Crippen LogP contribution in [0.25, 0.3) is 16.9 Å². The number of nitrogens with two attached hydrogens (primary N) is 1. The van der Waals surface area contributed by atoms with Crippen LogP contribution in [0.3, 0.4) is 0 Å². The Bertz CT molecular complexity index is 714. The monoisotopic (exact) mass is 263 g/mol. The topological polar surface area (TPSA) is 43.8 Å². The molecule has 0 fully saturated rings. The number of rotatable bonds is 3. The highest BCUT2D eigenvalue weighted by molar-refractivity contribution is 5.66. The van der Waals surface area contributed by atoms with Crippen LogP contribution in [0.1, 0.15) is 12.5 Å². The summed E-state index contributed by atoms with van der Waals surface area (Å²) in [5.41, 5.74) is 11.3. The molecule has 3 nitrogen and oxygen atoms in total. The highest BCUT2D eigenvalue weighted by Crippen LogP contribution is 2.26. The molecule has 0 aliphatic heterocycles. The summed E-state index contributed by atoms with van der Waals surface area (Å²) in [5.74, 6) is 0. The summed E-state index contributed by atoms with van der Waals surface area (Å²) >= 11 is 0. The average molecular weight is 263 g/mol. The van der Waals surface area contributed by atoms with Gasteiger partial charge in [0.05, 0.1) is 17.6 Å². The van der Waals surface area contributed by atoms with Crippen molar-refractivity contribution in [3.8, 4) is 16.9 Å². The Hall–Kier alpha value is -2.55. The van der Waals surface area contributed by atoms with Gasteiger partial charge < -0.3 is 5.73 Å². The van der Waals surface area contributed by atoms with Crippen molar-refractivity contribution in [2.45, 2.75) is 13.3 Å². The standard InChI is InChI=1S/C17H17N3/c1-2-13-12-14(8-9-16(13)18)17-10-11-19-20(17)15-6-4-3-5-7-15/h3-12H,2,18H2,1H3. The molecule has 1 aromatic heterocycles. The van der Waals surface area contributed by atoms with Crippen molar-refractivity contribution in [2.75, 3.05) is 5.73 Å². The van der Waals surface area contributed by atoms with E-state index in [-0.39, 0.29) is 0 Å². The minimum Gasteiger partial charge on any atom is -0.399 e. The molecule has 0 atom stereocenters. The molecule has 20 heavy (non-hydrogen) atoms. The van der Waals surface area contributed by atoms with Crippen LogP contribution < -0.4 is 5.73 Å². The van der Waals surface area contributed by atoms with Gasteiger partial charge in [0.1, 0.15) is 0 Å². The maximum absolute atomic E-state index is 5.98. The van der Waals surface area contributed by atoms with Crippen molar-refractivity contribution >= 4 is 5.69 Å². The van der Waals surface area contributed by atoms with E-state index < -0.39 is 0 Å². The van der Waals surface area contributed by atoms with Crippen molar-refractivity contribution in [1.29, 1.82) is 0 Å². The molecule has 0 spiro atoms. The SMILES string of the molecule is CCc1cc(-c2ccnn2-c2ccccc2)ccc1N. The maximum atomic E-state index is 5.98. The van der Waals surface area contributed by atoms with Crippen LogP contribution in [0.2, 0.25) is 0 Å². The second kappa shape index (κ2) is 5.21. The first-order valence-electron chi connectivity index (χ1n) is 6.78. The summed E-state index contributed by atoms with van der Waals surface area (Å²) in [4.78, 5) is 0. The Morgan fingerprint density at radius 1 is 1.05 bits per heavy atom. The summed E-state index contributed by atoms with van der Waals surface area (Å²) in [7, 11) is 0. The third kappa shape index (κ3) is 2.18. The van der Waals surface area contributed by atoms with Crippen molar-refractivity contribution in [2.24, 2.45) is 0 Å². The molecule has 3 heteroatoms. The molecule has 0 saturated heterocycles. The Balaban J connectivity index is 2.10. The van der Waals surface area contributed by atoms with Gasteiger partial charge in [0, 0.05) is 11.3 Å². The van der Waals surface area contributed by atoms with Gasteiger partial charge in [-0.2, -0.15) is 5.10 Å². The number of nitrogen functional groups attached to an aromatic ring is 1. The molecule has 100 valence electrons. The molecule has 0 bridgehead atoms. The number of hydrogen-bond donors (Lipinski definition) is 1. The Morgan fingerprint density at radius 3 is 2.60 bits per heavy atom. The van der Waals surface area contributed by atoms with Gasteiger partial charge in [0.15, 0.2) is 0 Å². The van der Waals surface area contributed by atoms with E-state index in [9.17, 15) is 0 Å². The largest absolute Gasteiger partial charge is 0.399 e. The van der Waals surface area contributed by atoms with Crippen LogP contribution in [-0.2, 0) is 6.42 Å². The van der Waals surface area contributed by atoms with Crippen LogP contribution in [-0.4, -0.2) is 9.78 Å². The third-order valence-electron chi connectivity index (χ3n) is 3.46. The molecule has 0 aliphatic carbocycles. The van der Waals surface area contributed by atoms with Crippen LogP contribution in [0.15, 0.2) is 60.8 Å². The molecule has 1 heterocycles. The highest BCUT2D eigenvalue weighted by Gasteiger charge is 2.08. The lowest BCUT2D eigenvalue weighted by atomic mass is 10.0. The number of aryl methyl sites for hydroxylation is 1. The molecular formula is C17H17N3. The van der Waals surface area contributed by atoms with Crippen molar-refractivity contribution < 1.29 is 0 Å². The number of anilines is 1. The van der Waals surface area contributed by atoms with Gasteiger partial charge in [0.2, 0.25) is 0 Å². The van der Waals surface area contributed by atoms with Gasteiger partial charge in [-0.15, -0.1) is 0 Å². The van der Waals surface area contributed by atoms with Gasteiger partial charge >= 0.3 is 0 Å². The zero-order valence-corrected chi connectivity index (χ0v) is 11.5. The fourth-order valence-corrected chi connectivity index (χ4v) is 2.37. The Labute approximate surface area is 118 Å². The maximum Gasteiger partial charge on any atom is 0.0741 e. The lowest BCUT2D eigenvalue weighted by molar-refractivity contribution is 0.888. The van der Waals surface area contributed by atoms with Crippen LogP contribution in [0.4, 0.5) is 5.69 Å². The van der Waals surface area contributed by atoms with Gasteiger partial charge in [-0.1, -0.05) is 31.2 Å². The number of hydrogen-bond acceptors (Lipinski definition) is 2. The minimum absolute atomic E-state index is 0.849. The van der Waals surface area contributed by atoms with E-state index in [1.54, 1.807) is 0 Å². The van der Waals surface area contributed by atoms with Gasteiger partial charge in [-0.3, -0.25) is 0 Å². The Morgan fingerprint density at radius 2 is 1.85 bits per heavy atom. The number of nitrogens with zero attached hydrogens (tertiary/aromatic N) is 2. The van der Waals surface area contributed by atoms with Crippen LogP contribution in [0, 0.1) is 0 Å². The van der Waals surface area contributed by atoms with Gasteiger partial charge in [-0.05, 0) is 42.3 Å². The van der Waals surface area contributed by atoms with E-state index in [2.05, 4.69) is 30.2 Å². The molecule has 0 amide bonds. The van der Waals surface area contributed by atoms with E-state index in [0.717, 1.165) is 29.1 Å².